The summed E-state index contributed by atoms with van der Waals surface area (Å²) in [7, 11) is -1.63. The fraction of sp³-hybridized carbons (Fsp3) is 0.391. The van der Waals surface area contributed by atoms with Gasteiger partial charge in [0.05, 0.1) is 4.91 Å². The summed E-state index contributed by atoms with van der Waals surface area (Å²) in [5, 5.41) is 0. The molecule has 168 valence electrons. The predicted molar refractivity (Wildman–Crippen MR) is 118 cm³/mol. The Morgan fingerprint density at radius 3 is 2.48 bits per heavy atom. The molecule has 0 unspecified atom stereocenters. The molecule has 0 bridgehead atoms. The molecule has 2 aromatic carbocycles. The van der Waals surface area contributed by atoms with Crippen molar-refractivity contribution >= 4 is 16.1 Å². The molecule has 5 nitrogen and oxygen atoms in total. The number of nitrogens with zero attached hydrogens (tertiary/aromatic N) is 1. The van der Waals surface area contributed by atoms with E-state index in [4.69, 9.17) is 0 Å². The molecular weight excluding hydrogens is 422 g/mol. The van der Waals surface area contributed by atoms with Crippen molar-refractivity contribution in [1.29, 1.82) is 0 Å². The monoisotopic (exact) mass is 450 g/mol. The summed E-state index contributed by atoms with van der Waals surface area (Å²) < 4.78 is 57.8. The quantitative estimate of drug-likeness (QED) is 0.610. The number of hydrogen-bond donors (Lipinski definition) is 1. The number of allylic oxidation sites excluding steroid dienone is 1. The molecule has 0 saturated carbocycles. The van der Waals surface area contributed by atoms with E-state index in [9.17, 15) is 17.2 Å². The summed E-state index contributed by atoms with van der Waals surface area (Å²) in [6, 6.07) is 12.7. The van der Waals surface area contributed by atoms with Gasteiger partial charge in [0.2, 0.25) is 10.0 Å². The fourth-order valence-corrected chi connectivity index (χ4v) is 4.62. The topological polar surface area (TPSA) is 58.6 Å². The highest BCUT2D eigenvalue weighted by Crippen LogP contribution is 2.30. The molecule has 2 aromatic rings. The van der Waals surface area contributed by atoms with Gasteiger partial charge in [-0.25, -0.2) is 13.1 Å². The van der Waals surface area contributed by atoms with Crippen LogP contribution in [0.1, 0.15) is 42.5 Å². The number of halogens is 2. The second-order valence-electron chi connectivity index (χ2n) is 7.95. The van der Waals surface area contributed by atoms with Crippen LogP contribution in [0.15, 0.2) is 47.4 Å². The first-order valence-corrected chi connectivity index (χ1v) is 11.7. The smallest absolute Gasteiger partial charge is 0.387 e. The molecule has 0 aliphatic heterocycles. The lowest BCUT2D eigenvalue weighted by Gasteiger charge is -2.23. The number of alkyl halides is 2. The summed E-state index contributed by atoms with van der Waals surface area (Å²) in [4.78, 5) is 2.49. The number of aryl methyl sites for hydroxylation is 1. The molecule has 3 rings (SSSR count). The lowest BCUT2D eigenvalue weighted by Crippen LogP contribution is -2.28. The van der Waals surface area contributed by atoms with Crippen LogP contribution in [0, 0.1) is 0 Å². The van der Waals surface area contributed by atoms with Gasteiger partial charge < -0.3 is 4.74 Å². The van der Waals surface area contributed by atoms with Gasteiger partial charge in [-0.05, 0) is 74.2 Å². The van der Waals surface area contributed by atoms with Crippen LogP contribution in [0.25, 0.3) is 6.08 Å². The van der Waals surface area contributed by atoms with Gasteiger partial charge in [-0.3, -0.25) is 4.90 Å². The Labute approximate surface area is 182 Å². The Morgan fingerprint density at radius 1 is 1.10 bits per heavy atom. The van der Waals surface area contributed by atoms with Crippen LogP contribution in [0.5, 0.6) is 5.75 Å². The summed E-state index contributed by atoms with van der Waals surface area (Å²) in [6.45, 7) is 2.27. The minimum absolute atomic E-state index is 0.0783. The summed E-state index contributed by atoms with van der Waals surface area (Å²) in [5.74, 6) is 0.0783. The van der Waals surface area contributed by atoms with E-state index < -0.39 is 16.6 Å². The molecule has 0 spiro atoms. The molecule has 1 aliphatic carbocycles. The van der Waals surface area contributed by atoms with Gasteiger partial charge in [-0.2, -0.15) is 8.78 Å². The van der Waals surface area contributed by atoms with Gasteiger partial charge in [0, 0.05) is 19.1 Å². The maximum atomic E-state index is 12.9. The molecule has 1 aliphatic rings. The van der Waals surface area contributed by atoms with Crippen LogP contribution < -0.4 is 9.46 Å². The van der Waals surface area contributed by atoms with E-state index in [1.54, 1.807) is 12.1 Å². The van der Waals surface area contributed by atoms with Crippen LogP contribution in [-0.2, 0) is 29.5 Å². The van der Waals surface area contributed by atoms with Gasteiger partial charge in [0.15, 0.2) is 0 Å². The van der Waals surface area contributed by atoms with Gasteiger partial charge in [-0.1, -0.05) is 30.3 Å². The Kier molecular flexibility index (Phi) is 7.46. The fourth-order valence-electron chi connectivity index (χ4n) is 3.43. The van der Waals surface area contributed by atoms with E-state index in [0.717, 1.165) is 23.2 Å². The molecule has 0 saturated heterocycles. The van der Waals surface area contributed by atoms with E-state index in [0.29, 0.717) is 29.4 Å². The number of ether oxygens (including phenoxy) is 1. The van der Waals surface area contributed by atoms with Gasteiger partial charge in [0.1, 0.15) is 5.75 Å². The molecule has 0 heterocycles. The zero-order chi connectivity index (χ0) is 22.6. The van der Waals surface area contributed by atoms with Gasteiger partial charge >= 0.3 is 6.61 Å². The molecule has 1 N–H and O–H groups in total. The Bertz CT molecular complexity index is 1050. The first-order valence-electron chi connectivity index (χ1n) is 10.2. The van der Waals surface area contributed by atoms with E-state index in [1.165, 1.54) is 12.1 Å². The highest BCUT2D eigenvalue weighted by Gasteiger charge is 2.22. The first-order chi connectivity index (χ1) is 14.7. The largest absolute Gasteiger partial charge is 0.435 e. The van der Waals surface area contributed by atoms with Crippen molar-refractivity contribution < 1.29 is 21.9 Å². The normalized spacial score (nSPS) is 14.1. The third kappa shape index (κ3) is 6.12. The molecule has 0 fully saturated rings. The minimum Gasteiger partial charge on any atom is -0.435 e. The van der Waals surface area contributed by atoms with Crippen molar-refractivity contribution in [3.8, 4) is 5.75 Å². The minimum atomic E-state index is -3.67. The molecule has 31 heavy (non-hydrogen) atoms. The zero-order valence-corrected chi connectivity index (χ0v) is 18.8. The lowest BCUT2D eigenvalue weighted by atomic mass is 9.97. The van der Waals surface area contributed by atoms with Crippen molar-refractivity contribution in [3.05, 3.63) is 69.6 Å². The average Bonchev–Trinajstić information content (AvgIpc) is 2.72. The van der Waals surface area contributed by atoms with E-state index in [1.807, 2.05) is 31.3 Å². The third-order valence-corrected chi connectivity index (χ3v) is 7.05. The SMILES string of the molecule is CC(C)N(C)Cc1ccccc1CNS(=O)(=O)C1=Cc2ccc(OC(F)F)cc2CC1. The maximum absolute atomic E-state index is 12.9. The van der Waals surface area contributed by atoms with Crippen molar-refractivity contribution in [2.45, 2.75) is 52.4 Å². The Balaban J connectivity index is 1.73. The summed E-state index contributed by atoms with van der Waals surface area (Å²) >= 11 is 0. The van der Waals surface area contributed by atoms with Gasteiger partial charge in [0.25, 0.3) is 0 Å². The highest BCUT2D eigenvalue weighted by molar-refractivity contribution is 7.93. The molecule has 8 heteroatoms. The van der Waals surface area contributed by atoms with Crippen molar-refractivity contribution in [2.24, 2.45) is 0 Å². The number of rotatable bonds is 9. The molecule has 0 radical (unpaired) electrons. The first kappa shape index (κ1) is 23.4. The lowest BCUT2D eigenvalue weighted by molar-refractivity contribution is -0.0498. The van der Waals surface area contributed by atoms with E-state index in [2.05, 4.69) is 28.2 Å². The number of benzene rings is 2. The second kappa shape index (κ2) is 9.89. The van der Waals surface area contributed by atoms with Crippen LogP contribution >= 0.6 is 0 Å². The van der Waals surface area contributed by atoms with Crippen molar-refractivity contribution in [1.82, 2.24) is 9.62 Å². The Hall–Kier alpha value is -2.29. The zero-order valence-electron chi connectivity index (χ0n) is 17.9. The molecule has 0 atom stereocenters. The average molecular weight is 451 g/mol. The Morgan fingerprint density at radius 2 is 1.81 bits per heavy atom. The van der Waals surface area contributed by atoms with Crippen LogP contribution in [0.4, 0.5) is 8.78 Å². The van der Waals surface area contributed by atoms with E-state index >= 15 is 0 Å². The predicted octanol–water partition coefficient (Wildman–Crippen LogP) is 4.53. The van der Waals surface area contributed by atoms with Crippen molar-refractivity contribution in [2.75, 3.05) is 7.05 Å². The molecular formula is C23H28F2N2O3S. The molecule has 0 aromatic heterocycles. The number of nitrogens with one attached hydrogen (secondary N) is 1. The van der Waals surface area contributed by atoms with E-state index in [-0.39, 0.29) is 12.3 Å². The van der Waals surface area contributed by atoms with Crippen LogP contribution in [-0.4, -0.2) is 33.0 Å². The van der Waals surface area contributed by atoms with Crippen LogP contribution in [0.3, 0.4) is 0 Å². The number of sulfonamides is 1. The number of fused-ring (bicyclic) bond motifs is 1. The maximum Gasteiger partial charge on any atom is 0.387 e. The highest BCUT2D eigenvalue weighted by atomic mass is 32.2. The summed E-state index contributed by atoms with van der Waals surface area (Å²) in [5.41, 5.74) is 3.51. The second-order valence-corrected chi connectivity index (χ2v) is 9.77. The standard InChI is InChI=1S/C23H28F2N2O3S/c1-16(2)27(3)15-20-7-5-4-6-19(20)14-26-31(28,29)22-11-9-17-12-21(30-23(24)25)10-8-18(17)13-22/h4-8,10,12-13,16,23,26H,9,11,14-15H2,1-3H3. The van der Waals surface area contributed by atoms with Crippen LogP contribution in [0.2, 0.25) is 0 Å². The third-order valence-electron chi connectivity index (χ3n) is 5.51. The summed E-state index contributed by atoms with van der Waals surface area (Å²) in [6.07, 6.45) is 2.35. The van der Waals surface area contributed by atoms with Crippen molar-refractivity contribution in [3.63, 3.8) is 0 Å². The van der Waals surface area contributed by atoms with Gasteiger partial charge in [-0.15, -0.1) is 0 Å². The molecule has 0 amide bonds. The number of hydrogen-bond acceptors (Lipinski definition) is 4.